The molecule has 1 saturated carbocycles. The van der Waals surface area contributed by atoms with Crippen LogP contribution >= 0.6 is 11.6 Å². The summed E-state index contributed by atoms with van der Waals surface area (Å²) in [6.07, 6.45) is 2.65. The summed E-state index contributed by atoms with van der Waals surface area (Å²) in [5.41, 5.74) is 1.89. The van der Waals surface area contributed by atoms with Crippen LogP contribution < -0.4 is 5.32 Å². The molecule has 2 aromatic rings. The first kappa shape index (κ1) is 14.3. The zero-order valence-electron chi connectivity index (χ0n) is 11.8. The SMILES string of the molecule is Cc1cc2c(cc1F)nc(CCCl)n2CC(=O)NC1CC1. The lowest BCUT2D eigenvalue weighted by Crippen LogP contribution is -2.29. The first-order chi connectivity index (χ1) is 10.1. The van der Waals surface area contributed by atoms with Crippen molar-refractivity contribution in [3.05, 3.63) is 29.3 Å². The minimum Gasteiger partial charge on any atom is -0.352 e. The zero-order valence-corrected chi connectivity index (χ0v) is 12.6. The van der Waals surface area contributed by atoms with Crippen LogP contribution in [0.3, 0.4) is 0 Å². The Morgan fingerprint density at radius 3 is 2.95 bits per heavy atom. The lowest BCUT2D eigenvalue weighted by Gasteiger charge is -2.09. The van der Waals surface area contributed by atoms with E-state index in [4.69, 9.17) is 11.6 Å². The summed E-state index contributed by atoms with van der Waals surface area (Å²) >= 11 is 5.80. The number of aryl methyl sites for hydroxylation is 2. The second-order valence-electron chi connectivity index (χ2n) is 5.49. The van der Waals surface area contributed by atoms with Crippen molar-refractivity contribution in [2.75, 3.05) is 5.88 Å². The van der Waals surface area contributed by atoms with E-state index in [2.05, 4.69) is 10.3 Å². The van der Waals surface area contributed by atoms with Gasteiger partial charge in [-0.05, 0) is 31.4 Å². The fraction of sp³-hybridized carbons (Fsp3) is 0.467. The summed E-state index contributed by atoms with van der Waals surface area (Å²) in [7, 11) is 0. The Balaban J connectivity index is 1.97. The molecule has 1 amide bonds. The molecule has 1 aromatic carbocycles. The van der Waals surface area contributed by atoms with E-state index in [9.17, 15) is 9.18 Å². The molecule has 0 radical (unpaired) electrons. The first-order valence-electron chi connectivity index (χ1n) is 7.09. The van der Waals surface area contributed by atoms with Gasteiger partial charge in [-0.3, -0.25) is 4.79 Å². The molecule has 1 N–H and O–H groups in total. The van der Waals surface area contributed by atoms with Gasteiger partial charge in [0.25, 0.3) is 0 Å². The number of nitrogens with one attached hydrogen (secondary N) is 1. The maximum atomic E-state index is 13.7. The van der Waals surface area contributed by atoms with Crippen molar-refractivity contribution in [3.63, 3.8) is 0 Å². The maximum absolute atomic E-state index is 13.7. The van der Waals surface area contributed by atoms with Crippen LogP contribution in [-0.4, -0.2) is 27.4 Å². The minimum absolute atomic E-state index is 0.0328. The number of alkyl halides is 1. The van der Waals surface area contributed by atoms with Gasteiger partial charge in [0, 0.05) is 24.4 Å². The molecule has 1 aliphatic carbocycles. The fourth-order valence-electron chi connectivity index (χ4n) is 2.40. The maximum Gasteiger partial charge on any atom is 0.240 e. The standard InChI is InChI=1S/C15H17ClFN3O/c1-9-6-13-12(7-11(9)17)19-14(4-5-16)20(13)8-15(21)18-10-2-3-10/h6-7,10H,2-5,8H2,1H3,(H,18,21). The van der Waals surface area contributed by atoms with Crippen LogP contribution in [-0.2, 0) is 17.8 Å². The van der Waals surface area contributed by atoms with Gasteiger partial charge in [-0.2, -0.15) is 0 Å². The fourth-order valence-corrected chi connectivity index (χ4v) is 2.57. The molecule has 0 aliphatic heterocycles. The van der Waals surface area contributed by atoms with Gasteiger partial charge in [-0.1, -0.05) is 0 Å². The monoisotopic (exact) mass is 309 g/mol. The third-order valence-corrected chi connectivity index (χ3v) is 3.86. The van der Waals surface area contributed by atoms with E-state index in [1.165, 1.54) is 6.07 Å². The molecule has 1 aromatic heterocycles. The lowest BCUT2D eigenvalue weighted by molar-refractivity contribution is -0.121. The number of carbonyl (C=O) groups excluding carboxylic acids is 1. The predicted octanol–water partition coefficient (Wildman–Crippen LogP) is 2.54. The molecule has 3 rings (SSSR count). The highest BCUT2D eigenvalue weighted by Crippen LogP contribution is 2.22. The molecule has 0 unspecified atom stereocenters. The van der Waals surface area contributed by atoms with E-state index in [-0.39, 0.29) is 18.3 Å². The highest BCUT2D eigenvalue weighted by Gasteiger charge is 2.24. The number of fused-ring (bicyclic) bond motifs is 1. The molecule has 0 saturated heterocycles. The number of nitrogens with zero attached hydrogens (tertiary/aromatic N) is 2. The third-order valence-electron chi connectivity index (χ3n) is 3.67. The normalized spacial score (nSPS) is 14.6. The van der Waals surface area contributed by atoms with Gasteiger partial charge in [0.1, 0.15) is 18.2 Å². The largest absolute Gasteiger partial charge is 0.352 e. The van der Waals surface area contributed by atoms with Crippen LogP contribution in [0.25, 0.3) is 11.0 Å². The predicted molar refractivity (Wildman–Crippen MR) is 80.0 cm³/mol. The molecule has 21 heavy (non-hydrogen) atoms. The van der Waals surface area contributed by atoms with Crippen molar-refractivity contribution in [2.24, 2.45) is 0 Å². The number of carbonyl (C=O) groups is 1. The van der Waals surface area contributed by atoms with E-state index in [1.807, 2.05) is 4.57 Å². The van der Waals surface area contributed by atoms with Gasteiger partial charge in [-0.25, -0.2) is 9.37 Å². The average molecular weight is 310 g/mol. The van der Waals surface area contributed by atoms with Crippen LogP contribution in [0, 0.1) is 12.7 Å². The Kier molecular flexibility index (Phi) is 3.85. The smallest absolute Gasteiger partial charge is 0.240 e. The molecule has 1 aliphatic rings. The van der Waals surface area contributed by atoms with Crippen LogP contribution in [0.2, 0.25) is 0 Å². The summed E-state index contributed by atoms with van der Waals surface area (Å²) < 4.78 is 15.5. The Labute approximate surface area is 127 Å². The molecule has 1 fully saturated rings. The van der Waals surface area contributed by atoms with Crippen LogP contribution in [0.4, 0.5) is 4.39 Å². The first-order valence-corrected chi connectivity index (χ1v) is 7.62. The number of hydrogen-bond donors (Lipinski definition) is 1. The molecule has 1 heterocycles. The van der Waals surface area contributed by atoms with E-state index in [0.717, 1.165) is 24.2 Å². The molecule has 4 nitrogen and oxygen atoms in total. The summed E-state index contributed by atoms with van der Waals surface area (Å²) in [5, 5.41) is 2.96. The molecule has 0 atom stereocenters. The highest BCUT2D eigenvalue weighted by atomic mass is 35.5. The summed E-state index contributed by atoms with van der Waals surface area (Å²) in [5.74, 6) is 0.812. The van der Waals surface area contributed by atoms with E-state index >= 15 is 0 Å². The van der Waals surface area contributed by atoms with Gasteiger partial charge in [0.15, 0.2) is 0 Å². The molecule has 0 bridgehead atoms. The number of rotatable bonds is 5. The van der Waals surface area contributed by atoms with Crippen molar-refractivity contribution in [2.45, 2.75) is 38.8 Å². The number of hydrogen-bond acceptors (Lipinski definition) is 2. The Morgan fingerprint density at radius 1 is 1.52 bits per heavy atom. The van der Waals surface area contributed by atoms with E-state index in [0.29, 0.717) is 29.4 Å². The zero-order chi connectivity index (χ0) is 15.0. The average Bonchev–Trinajstić information content (AvgIpc) is 3.18. The van der Waals surface area contributed by atoms with Gasteiger partial charge < -0.3 is 9.88 Å². The van der Waals surface area contributed by atoms with Crippen molar-refractivity contribution in [3.8, 4) is 0 Å². The topological polar surface area (TPSA) is 46.9 Å². The van der Waals surface area contributed by atoms with Gasteiger partial charge in [-0.15, -0.1) is 11.6 Å². The van der Waals surface area contributed by atoms with Crippen LogP contribution in [0.1, 0.15) is 24.2 Å². The minimum atomic E-state index is -0.285. The van der Waals surface area contributed by atoms with Crippen LogP contribution in [0.15, 0.2) is 12.1 Å². The van der Waals surface area contributed by atoms with E-state index in [1.54, 1.807) is 13.0 Å². The molecular formula is C15H17ClFN3O. The third kappa shape index (κ3) is 3.02. The Hall–Kier alpha value is -1.62. The number of imidazole rings is 1. The molecule has 6 heteroatoms. The quantitative estimate of drug-likeness (QED) is 0.863. The second-order valence-corrected chi connectivity index (χ2v) is 5.86. The molecule has 0 spiro atoms. The summed E-state index contributed by atoms with van der Waals surface area (Å²) in [4.78, 5) is 16.5. The molecule has 112 valence electrons. The van der Waals surface area contributed by atoms with Crippen molar-refractivity contribution in [1.82, 2.24) is 14.9 Å². The van der Waals surface area contributed by atoms with Gasteiger partial charge >= 0.3 is 0 Å². The van der Waals surface area contributed by atoms with Crippen molar-refractivity contribution < 1.29 is 9.18 Å². The van der Waals surface area contributed by atoms with Gasteiger partial charge in [0.2, 0.25) is 5.91 Å². The van der Waals surface area contributed by atoms with E-state index < -0.39 is 0 Å². The summed E-state index contributed by atoms with van der Waals surface area (Å²) in [6, 6.07) is 3.47. The molecular weight excluding hydrogens is 293 g/mol. The van der Waals surface area contributed by atoms with Gasteiger partial charge in [0.05, 0.1) is 11.0 Å². The number of halogens is 2. The van der Waals surface area contributed by atoms with Crippen molar-refractivity contribution in [1.29, 1.82) is 0 Å². The Morgan fingerprint density at radius 2 is 2.29 bits per heavy atom. The highest BCUT2D eigenvalue weighted by molar-refractivity contribution is 6.17. The number of aromatic nitrogens is 2. The lowest BCUT2D eigenvalue weighted by atomic mass is 10.2. The number of amides is 1. The Bertz CT molecular complexity index is 694. The van der Waals surface area contributed by atoms with Crippen LogP contribution in [0.5, 0.6) is 0 Å². The van der Waals surface area contributed by atoms with Crippen molar-refractivity contribution >= 4 is 28.5 Å². The number of benzene rings is 1. The second kappa shape index (κ2) is 5.64. The summed E-state index contributed by atoms with van der Waals surface area (Å²) in [6.45, 7) is 1.90.